The molecule has 0 amide bonds. The highest BCUT2D eigenvalue weighted by Gasteiger charge is 2.32. The molecule has 3 heteroatoms. The molecule has 1 aromatic carbocycles. The SMILES string of the molecule is Cc1ccc(CNCC2COC(C)(C)O2)c(C)c1. The Morgan fingerprint density at radius 2 is 2.11 bits per heavy atom. The molecule has 1 aromatic rings. The van der Waals surface area contributed by atoms with E-state index < -0.39 is 5.79 Å². The molecule has 0 bridgehead atoms. The summed E-state index contributed by atoms with van der Waals surface area (Å²) < 4.78 is 11.3. The lowest BCUT2D eigenvalue weighted by Crippen LogP contribution is -2.30. The van der Waals surface area contributed by atoms with Gasteiger partial charge in [-0.25, -0.2) is 0 Å². The zero-order valence-corrected chi connectivity index (χ0v) is 11.7. The number of rotatable bonds is 4. The van der Waals surface area contributed by atoms with Crippen LogP contribution in [0.5, 0.6) is 0 Å². The maximum atomic E-state index is 5.75. The van der Waals surface area contributed by atoms with E-state index in [0.29, 0.717) is 6.61 Å². The Kier molecular flexibility index (Phi) is 4.05. The first-order valence-electron chi connectivity index (χ1n) is 6.55. The van der Waals surface area contributed by atoms with Crippen LogP contribution in [0.1, 0.15) is 30.5 Å². The third kappa shape index (κ3) is 3.55. The summed E-state index contributed by atoms with van der Waals surface area (Å²) >= 11 is 0. The Hall–Kier alpha value is -0.900. The van der Waals surface area contributed by atoms with E-state index in [-0.39, 0.29) is 6.10 Å². The number of ether oxygens (including phenoxy) is 2. The second-order valence-corrected chi connectivity index (χ2v) is 5.51. The van der Waals surface area contributed by atoms with Crippen molar-refractivity contribution in [1.29, 1.82) is 0 Å². The van der Waals surface area contributed by atoms with E-state index >= 15 is 0 Å². The summed E-state index contributed by atoms with van der Waals surface area (Å²) in [4.78, 5) is 0. The summed E-state index contributed by atoms with van der Waals surface area (Å²) in [5, 5.41) is 3.44. The zero-order chi connectivity index (χ0) is 13.2. The van der Waals surface area contributed by atoms with Gasteiger partial charge in [-0.15, -0.1) is 0 Å². The van der Waals surface area contributed by atoms with Crippen molar-refractivity contribution < 1.29 is 9.47 Å². The Balaban J connectivity index is 1.79. The summed E-state index contributed by atoms with van der Waals surface area (Å²) in [6, 6.07) is 6.56. The fourth-order valence-corrected chi connectivity index (χ4v) is 2.28. The van der Waals surface area contributed by atoms with Gasteiger partial charge >= 0.3 is 0 Å². The van der Waals surface area contributed by atoms with Crippen LogP contribution in [0.2, 0.25) is 0 Å². The van der Waals surface area contributed by atoms with Gasteiger partial charge in [-0.1, -0.05) is 23.8 Å². The molecule has 18 heavy (non-hydrogen) atoms. The number of benzene rings is 1. The molecule has 1 aliphatic rings. The molecule has 1 saturated heterocycles. The Morgan fingerprint density at radius 3 is 2.72 bits per heavy atom. The fourth-order valence-electron chi connectivity index (χ4n) is 2.28. The molecule has 2 rings (SSSR count). The largest absolute Gasteiger partial charge is 0.348 e. The minimum atomic E-state index is -0.424. The lowest BCUT2D eigenvalue weighted by atomic mass is 10.1. The van der Waals surface area contributed by atoms with Gasteiger partial charge in [0.25, 0.3) is 0 Å². The van der Waals surface area contributed by atoms with Gasteiger partial charge in [0.15, 0.2) is 5.79 Å². The van der Waals surface area contributed by atoms with Crippen molar-refractivity contribution in [2.75, 3.05) is 13.2 Å². The molecule has 0 spiro atoms. The van der Waals surface area contributed by atoms with Crippen molar-refractivity contribution in [1.82, 2.24) is 5.32 Å². The highest BCUT2D eigenvalue weighted by atomic mass is 16.7. The van der Waals surface area contributed by atoms with Gasteiger partial charge in [0, 0.05) is 13.1 Å². The van der Waals surface area contributed by atoms with Crippen molar-refractivity contribution in [2.24, 2.45) is 0 Å². The molecule has 1 atom stereocenters. The monoisotopic (exact) mass is 249 g/mol. The van der Waals surface area contributed by atoms with E-state index in [9.17, 15) is 0 Å². The maximum absolute atomic E-state index is 5.75. The Morgan fingerprint density at radius 1 is 1.33 bits per heavy atom. The van der Waals surface area contributed by atoms with Crippen molar-refractivity contribution in [3.8, 4) is 0 Å². The van der Waals surface area contributed by atoms with E-state index in [1.165, 1.54) is 16.7 Å². The molecular weight excluding hydrogens is 226 g/mol. The Labute approximate surface area is 109 Å². The molecule has 0 aromatic heterocycles. The minimum Gasteiger partial charge on any atom is -0.348 e. The molecule has 1 aliphatic heterocycles. The zero-order valence-electron chi connectivity index (χ0n) is 11.7. The van der Waals surface area contributed by atoms with E-state index in [0.717, 1.165) is 13.1 Å². The predicted octanol–water partition coefficient (Wildman–Crippen LogP) is 2.54. The lowest BCUT2D eigenvalue weighted by Gasteiger charge is -2.17. The summed E-state index contributed by atoms with van der Waals surface area (Å²) in [7, 11) is 0. The average molecular weight is 249 g/mol. The summed E-state index contributed by atoms with van der Waals surface area (Å²) in [5.74, 6) is -0.424. The third-order valence-electron chi connectivity index (χ3n) is 3.25. The van der Waals surface area contributed by atoms with Crippen molar-refractivity contribution in [3.05, 3.63) is 34.9 Å². The van der Waals surface area contributed by atoms with Crippen LogP contribution in [0.4, 0.5) is 0 Å². The quantitative estimate of drug-likeness (QED) is 0.889. The molecule has 3 nitrogen and oxygen atoms in total. The van der Waals surface area contributed by atoms with Gasteiger partial charge in [-0.2, -0.15) is 0 Å². The van der Waals surface area contributed by atoms with Crippen molar-refractivity contribution >= 4 is 0 Å². The smallest absolute Gasteiger partial charge is 0.163 e. The highest BCUT2D eigenvalue weighted by Crippen LogP contribution is 2.21. The summed E-state index contributed by atoms with van der Waals surface area (Å²) in [5.41, 5.74) is 4.00. The van der Waals surface area contributed by atoms with Crippen LogP contribution in [0.15, 0.2) is 18.2 Å². The predicted molar refractivity (Wildman–Crippen MR) is 72.5 cm³/mol. The first-order valence-corrected chi connectivity index (χ1v) is 6.55. The number of nitrogens with one attached hydrogen (secondary N) is 1. The molecule has 0 saturated carbocycles. The normalized spacial score (nSPS) is 22.3. The number of aryl methyl sites for hydroxylation is 2. The molecular formula is C15H23NO2. The van der Waals surface area contributed by atoms with Crippen molar-refractivity contribution in [3.63, 3.8) is 0 Å². The maximum Gasteiger partial charge on any atom is 0.163 e. The first kappa shape index (κ1) is 13.5. The topological polar surface area (TPSA) is 30.5 Å². The van der Waals surface area contributed by atoms with Crippen molar-refractivity contribution in [2.45, 2.75) is 46.1 Å². The molecule has 0 aliphatic carbocycles. The minimum absolute atomic E-state index is 0.158. The lowest BCUT2D eigenvalue weighted by molar-refractivity contribution is -0.137. The number of hydrogen-bond acceptors (Lipinski definition) is 3. The second-order valence-electron chi connectivity index (χ2n) is 5.51. The van der Waals surface area contributed by atoms with Crippen LogP contribution in [0.25, 0.3) is 0 Å². The second kappa shape index (κ2) is 5.39. The van der Waals surface area contributed by atoms with Gasteiger partial charge in [0.05, 0.1) is 12.7 Å². The average Bonchev–Trinajstić information content (AvgIpc) is 2.61. The van der Waals surface area contributed by atoms with Gasteiger partial charge in [0.2, 0.25) is 0 Å². The molecule has 1 unspecified atom stereocenters. The Bertz CT molecular complexity index is 415. The standard InChI is InChI=1S/C15H23NO2/c1-11-5-6-13(12(2)7-11)8-16-9-14-10-17-15(3,4)18-14/h5-7,14,16H,8-10H2,1-4H3. The van der Waals surface area contributed by atoms with Gasteiger partial charge in [-0.3, -0.25) is 0 Å². The van der Waals surface area contributed by atoms with Crippen LogP contribution < -0.4 is 5.32 Å². The van der Waals surface area contributed by atoms with E-state index in [4.69, 9.17) is 9.47 Å². The first-order chi connectivity index (χ1) is 8.46. The van der Waals surface area contributed by atoms with E-state index in [2.05, 4.69) is 37.4 Å². The molecule has 1 heterocycles. The van der Waals surface area contributed by atoms with Crippen LogP contribution in [-0.4, -0.2) is 25.0 Å². The van der Waals surface area contributed by atoms with E-state index in [1.54, 1.807) is 0 Å². The summed E-state index contributed by atoms with van der Waals surface area (Å²) in [6.07, 6.45) is 0.158. The molecule has 100 valence electrons. The fraction of sp³-hybridized carbons (Fsp3) is 0.600. The summed E-state index contributed by atoms with van der Waals surface area (Å²) in [6.45, 7) is 10.6. The number of hydrogen-bond donors (Lipinski definition) is 1. The van der Waals surface area contributed by atoms with Gasteiger partial charge in [-0.05, 0) is 38.8 Å². The highest BCUT2D eigenvalue weighted by molar-refractivity contribution is 5.30. The van der Waals surface area contributed by atoms with Crippen LogP contribution >= 0.6 is 0 Å². The molecule has 1 N–H and O–H groups in total. The van der Waals surface area contributed by atoms with Crippen LogP contribution in [-0.2, 0) is 16.0 Å². The van der Waals surface area contributed by atoms with Gasteiger partial charge < -0.3 is 14.8 Å². The molecule has 1 fully saturated rings. The van der Waals surface area contributed by atoms with Gasteiger partial charge in [0.1, 0.15) is 0 Å². The van der Waals surface area contributed by atoms with Crippen LogP contribution in [0, 0.1) is 13.8 Å². The molecule has 0 radical (unpaired) electrons. The van der Waals surface area contributed by atoms with Crippen LogP contribution in [0.3, 0.4) is 0 Å². The third-order valence-corrected chi connectivity index (χ3v) is 3.25. The van der Waals surface area contributed by atoms with E-state index in [1.807, 2.05) is 13.8 Å².